The van der Waals surface area contributed by atoms with Gasteiger partial charge >= 0.3 is 6.61 Å². The molecule has 0 saturated heterocycles. The highest BCUT2D eigenvalue weighted by Crippen LogP contribution is 2.25. The Labute approximate surface area is 130 Å². The first-order chi connectivity index (χ1) is 10.1. The molecule has 110 valence electrons. The van der Waals surface area contributed by atoms with E-state index in [1.54, 1.807) is 36.4 Å². The molecule has 2 aromatic rings. The van der Waals surface area contributed by atoms with Crippen LogP contribution in [0.3, 0.4) is 0 Å². The average Bonchev–Trinajstić information content (AvgIpc) is 2.44. The van der Waals surface area contributed by atoms with Gasteiger partial charge in [-0.25, -0.2) is 0 Å². The van der Waals surface area contributed by atoms with Crippen molar-refractivity contribution in [2.45, 2.75) is 6.61 Å². The van der Waals surface area contributed by atoms with Crippen LogP contribution in [0.4, 0.5) is 14.5 Å². The van der Waals surface area contributed by atoms with Gasteiger partial charge in [-0.15, -0.1) is 0 Å². The van der Waals surface area contributed by atoms with Crippen molar-refractivity contribution < 1.29 is 13.5 Å². The van der Waals surface area contributed by atoms with E-state index >= 15 is 0 Å². The van der Waals surface area contributed by atoms with E-state index < -0.39 is 6.61 Å². The third-order valence-electron chi connectivity index (χ3n) is 2.45. The van der Waals surface area contributed by atoms with Crippen LogP contribution in [-0.4, -0.2) is 12.8 Å². The van der Waals surface area contributed by atoms with E-state index in [1.807, 2.05) is 0 Å². The summed E-state index contributed by atoms with van der Waals surface area (Å²) in [5.74, 6) is 0.0483. The highest BCUT2D eigenvalue weighted by Gasteiger charge is 2.07. The van der Waals surface area contributed by atoms with Gasteiger partial charge in [-0.1, -0.05) is 35.3 Å². The molecule has 21 heavy (non-hydrogen) atoms. The molecule has 0 unspecified atom stereocenters. The summed E-state index contributed by atoms with van der Waals surface area (Å²) in [5, 5.41) is 4.77. The van der Waals surface area contributed by atoms with Gasteiger partial charge in [0, 0.05) is 5.56 Å². The maximum Gasteiger partial charge on any atom is 0.387 e. The molecule has 0 aliphatic heterocycles. The summed E-state index contributed by atoms with van der Waals surface area (Å²) in [6.45, 7) is -2.89. The number of nitrogens with zero attached hydrogens (tertiary/aromatic N) is 1. The Morgan fingerprint density at radius 1 is 1.10 bits per heavy atom. The van der Waals surface area contributed by atoms with Crippen LogP contribution in [-0.2, 0) is 0 Å². The standard InChI is InChI=1S/C14H10Cl2F2N2O/c15-11-6-5-10(7-12(11)16)20-19-8-9-3-1-2-4-13(9)21-14(17)18/h1-8,14,20H/b19-8+. The predicted molar refractivity (Wildman–Crippen MR) is 80.8 cm³/mol. The zero-order valence-electron chi connectivity index (χ0n) is 10.6. The maximum atomic E-state index is 12.3. The molecule has 0 fully saturated rings. The molecular weight excluding hydrogens is 321 g/mol. The molecule has 0 aromatic heterocycles. The monoisotopic (exact) mass is 330 g/mol. The summed E-state index contributed by atoms with van der Waals surface area (Å²) >= 11 is 11.7. The number of anilines is 1. The van der Waals surface area contributed by atoms with Crippen molar-refractivity contribution in [2.24, 2.45) is 5.10 Å². The number of hydrazone groups is 1. The Kier molecular flexibility index (Phi) is 5.36. The van der Waals surface area contributed by atoms with Crippen LogP contribution in [0.15, 0.2) is 47.6 Å². The second-order valence-corrected chi connectivity index (χ2v) is 4.73. The highest BCUT2D eigenvalue weighted by molar-refractivity contribution is 6.42. The number of nitrogens with one attached hydrogen (secondary N) is 1. The van der Waals surface area contributed by atoms with Crippen LogP contribution < -0.4 is 10.2 Å². The van der Waals surface area contributed by atoms with E-state index in [-0.39, 0.29) is 5.75 Å². The SMILES string of the molecule is FC(F)Oc1ccccc1/C=N/Nc1ccc(Cl)c(Cl)c1. The topological polar surface area (TPSA) is 33.6 Å². The van der Waals surface area contributed by atoms with E-state index in [1.165, 1.54) is 12.3 Å². The fraction of sp³-hybridized carbons (Fsp3) is 0.0714. The van der Waals surface area contributed by atoms with E-state index in [9.17, 15) is 8.78 Å². The molecule has 0 amide bonds. The Bertz CT molecular complexity index is 651. The van der Waals surface area contributed by atoms with Gasteiger partial charge in [-0.3, -0.25) is 5.43 Å². The van der Waals surface area contributed by atoms with Gasteiger partial charge in [0.2, 0.25) is 0 Å². The molecule has 0 saturated carbocycles. The zero-order chi connectivity index (χ0) is 15.2. The number of rotatable bonds is 5. The second kappa shape index (κ2) is 7.24. The van der Waals surface area contributed by atoms with Crippen LogP contribution in [0.25, 0.3) is 0 Å². The number of para-hydroxylation sites is 1. The molecule has 2 aromatic carbocycles. The minimum atomic E-state index is -2.89. The zero-order valence-corrected chi connectivity index (χ0v) is 12.1. The number of alkyl halides is 2. The minimum Gasteiger partial charge on any atom is -0.434 e. The summed E-state index contributed by atoms with van der Waals surface area (Å²) in [6.07, 6.45) is 1.38. The molecule has 2 rings (SSSR count). The number of benzene rings is 2. The van der Waals surface area contributed by atoms with Gasteiger partial charge in [0.05, 0.1) is 21.9 Å². The first-order valence-corrected chi connectivity index (χ1v) is 6.60. The quantitative estimate of drug-likeness (QED) is 0.615. The molecule has 7 heteroatoms. The molecule has 3 nitrogen and oxygen atoms in total. The summed E-state index contributed by atoms with van der Waals surface area (Å²) in [7, 11) is 0. The molecule has 0 radical (unpaired) electrons. The van der Waals surface area contributed by atoms with E-state index in [0.29, 0.717) is 21.3 Å². The molecule has 0 heterocycles. The van der Waals surface area contributed by atoms with Gasteiger partial charge in [0.15, 0.2) is 0 Å². The largest absolute Gasteiger partial charge is 0.434 e. The third-order valence-corrected chi connectivity index (χ3v) is 3.19. The predicted octanol–water partition coefficient (Wildman–Crippen LogP) is 5.04. The van der Waals surface area contributed by atoms with Crippen LogP contribution in [0.1, 0.15) is 5.56 Å². The summed E-state index contributed by atoms with van der Waals surface area (Å²) in [5.41, 5.74) is 3.77. The Morgan fingerprint density at radius 3 is 2.57 bits per heavy atom. The summed E-state index contributed by atoms with van der Waals surface area (Å²) in [6, 6.07) is 11.2. The normalized spacial score (nSPS) is 11.1. The fourth-order valence-corrected chi connectivity index (χ4v) is 1.83. The lowest BCUT2D eigenvalue weighted by Gasteiger charge is -2.07. The lowest BCUT2D eigenvalue weighted by molar-refractivity contribution is -0.0499. The van der Waals surface area contributed by atoms with Crippen molar-refractivity contribution in [3.8, 4) is 5.75 Å². The Hall–Kier alpha value is -1.85. The molecule has 0 atom stereocenters. The summed E-state index contributed by atoms with van der Waals surface area (Å²) in [4.78, 5) is 0. The van der Waals surface area contributed by atoms with E-state index in [2.05, 4.69) is 15.3 Å². The second-order valence-electron chi connectivity index (χ2n) is 3.92. The van der Waals surface area contributed by atoms with Gasteiger partial charge in [-0.2, -0.15) is 13.9 Å². The number of hydrogen-bond acceptors (Lipinski definition) is 3. The highest BCUT2D eigenvalue weighted by atomic mass is 35.5. The smallest absolute Gasteiger partial charge is 0.387 e. The van der Waals surface area contributed by atoms with Gasteiger partial charge in [0.25, 0.3) is 0 Å². The van der Waals surface area contributed by atoms with Gasteiger partial charge < -0.3 is 4.74 Å². The van der Waals surface area contributed by atoms with Crippen molar-refractivity contribution in [1.29, 1.82) is 0 Å². The molecule has 0 spiro atoms. The van der Waals surface area contributed by atoms with Gasteiger partial charge in [-0.05, 0) is 30.3 Å². The third kappa shape index (κ3) is 4.58. The molecular formula is C14H10Cl2F2N2O. The minimum absolute atomic E-state index is 0.0483. The van der Waals surface area contributed by atoms with Crippen molar-refractivity contribution in [3.05, 3.63) is 58.1 Å². The maximum absolute atomic E-state index is 12.3. The van der Waals surface area contributed by atoms with Crippen molar-refractivity contribution in [3.63, 3.8) is 0 Å². The van der Waals surface area contributed by atoms with E-state index in [0.717, 1.165) is 0 Å². The average molecular weight is 331 g/mol. The van der Waals surface area contributed by atoms with Gasteiger partial charge in [0.1, 0.15) is 5.75 Å². The first kappa shape index (κ1) is 15.5. The van der Waals surface area contributed by atoms with Crippen LogP contribution in [0, 0.1) is 0 Å². The molecule has 0 aliphatic carbocycles. The molecule has 0 aliphatic rings. The van der Waals surface area contributed by atoms with Crippen molar-refractivity contribution in [1.82, 2.24) is 0 Å². The first-order valence-electron chi connectivity index (χ1n) is 5.84. The molecule has 0 bridgehead atoms. The summed E-state index contributed by atoms with van der Waals surface area (Å²) < 4.78 is 28.9. The van der Waals surface area contributed by atoms with Crippen LogP contribution in [0.5, 0.6) is 5.75 Å². The fourth-order valence-electron chi connectivity index (χ4n) is 1.53. The number of ether oxygens (including phenoxy) is 1. The van der Waals surface area contributed by atoms with Crippen molar-refractivity contribution in [2.75, 3.05) is 5.43 Å². The Morgan fingerprint density at radius 2 is 1.86 bits per heavy atom. The van der Waals surface area contributed by atoms with Crippen LogP contribution >= 0.6 is 23.2 Å². The number of hydrogen-bond donors (Lipinski definition) is 1. The molecule has 1 N–H and O–H groups in total. The lowest BCUT2D eigenvalue weighted by atomic mass is 10.2. The Balaban J connectivity index is 2.09. The lowest BCUT2D eigenvalue weighted by Crippen LogP contribution is -2.04. The number of halogens is 4. The van der Waals surface area contributed by atoms with E-state index in [4.69, 9.17) is 23.2 Å². The van der Waals surface area contributed by atoms with Crippen molar-refractivity contribution >= 4 is 35.1 Å². The van der Waals surface area contributed by atoms with Crippen LogP contribution in [0.2, 0.25) is 10.0 Å².